The van der Waals surface area contributed by atoms with Crippen molar-refractivity contribution in [1.29, 1.82) is 0 Å². The van der Waals surface area contributed by atoms with Crippen LogP contribution in [0.1, 0.15) is 24.2 Å². The zero-order valence-electron chi connectivity index (χ0n) is 15.6. The average Bonchev–Trinajstić information content (AvgIpc) is 2.72. The Kier molecular flexibility index (Phi) is 6.49. The molecule has 0 bridgehead atoms. The van der Waals surface area contributed by atoms with E-state index in [0.717, 1.165) is 21.6 Å². The van der Waals surface area contributed by atoms with E-state index in [4.69, 9.17) is 4.74 Å². The van der Waals surface area contributed by atoms with Crippen LogP contribution in [0.4, 0.5) is 0 Å². The number of nitrogens with zero attached hydrogens (tertiary/aromatic N) is 1. The van der Waals surface area contributed by atoms with Crippen LogP contribution in [0, 0.1) is 0 Å². The Morgan fingerprint density at radius 2 is 1.86 bits per heavy atom. The molecule has 144 valence electrons. The molecule has 1 unspecified atom stereocenters. The number of benzene rings is 2. The third kappa shape index (κ3) is 5.01. The van der Waals surface area contributed by atoms with E-state index in [0.29, 0.717) is 11.3 Å². The zero-order chi connectivity index (χ0) is 19.9. The quantitative estimate of drug-likeness (QED) is 0.493. The van der Waals surface area contributed by atoms with E-state index in [1.165, 1.54) is 11.8 Å². The van der Waals surface area contributed by atoms with Crippen molar-refractivity contribution in [1.82, 2.24) is 15.8 Å². The molecule has 2 amide bonds. The van der Waals surface area contributed by atoms with Crippen molar-refractivity contribution in [3.8, 4) is 5.75 Å². The molecule has 7 heteroatoms. The maximum Gasteiger partial charge on any atom is 0.279 e. The highest BCUT2D eigenvalue weighted by Crippen LogP contribution is 2.21. The van der Waals surface area contributed by atoms with E-state index in [9.17, 15) is 9.59 Å². The summed E-state index contributed by atoms with van der Waals surface area (Å²) in [7, 11) is 0. The second-order valence-electron chi connectivity index (χ2n) is 6.03. The predicted octanol–water partition coefficient (Wildman–Crippen LogP) is 3.58. The van der Waals surface area contributed by atoms with Crippen molar-refractivity contribution in [3.05, 3.63) is 66.4 Å². The summed E-state index contributed by atoms with van der Waals surface area (Å²) in [6.45, 7) is 3.63. The van der Waals surface area contributed by atoms with Crippen LogP contribution in [0.5, 0.6) is 5.75 Å². The molecular weight excluding hydrogens is 374 g/mol. The van der Waals surface area contributed by atoms with Crippen molar-refractivity contribution >= 4 is 34.3 Å². The van der Waals surface area contributed by atoms with Crippen molar-refractivity contribution in [2.24, 2.45) is 0 Å². The number of nitrogens with one attached hydrogen (secondary N) is 2. The van der Waals surface area contributed by atoms with E-state index in [2.05, 4.69) is 15.8 Å². The Labute approximate surface area is 167 Å². The number of hydrogen-bond donors (Lipinski definition) is 2. The van der Waals surface area contributed by atoms with E-state index in [1.807, 2.05) is 49.4 Å². The van der Waals surface area contributed by atoms with Gasteiger partial charge >= 0.3 is 0 Å². The first-order valence-corrected chi connectivity index (χ1v) is 9.90. The first-order valence-electron chi connectivity index (χ1n) is 8.91. The van der Waals surface area contributed by atoms with E-state index in [-0.39, 0.29) is 0 Å². The molecule has 1 heterocycles. The topological polar surface area (TPSA) is 80.3 Å². The lowest BCUT2D eigenvalue weighted by atomic mass is 10.1. The molecule has 3 rings (SSSR count). The molecule has 0 fully saturated rings. The van der Waals surface area contributed by atoms with Gasteiger partial charge in [-0.3, -0.25) is 20.4 Å². The zero-order valence-corrected chi connectivity index (χ0v) is 16.5. The third-order valence-corrected chi connectivity index (χ3v) is 4.80. The van der Waals surface area contributed by atoms with Crippen LogP contribution in [-0.2, 0) is 4.79 Å². The molecule has 6 nitrogen and oxygen atoms in total. The molecule has 1 atom stereocenters. The smallest absolute Gasteiger partial charge is 0.279 e. The molecule has 28 heavy (non-hydrogen) atoms. The maximum absolute atomic E-state index is 12.2. The van der Waals surface area contributed by atoms with Crippen LogP contribution in [0.15, 0.2) is 65.8 Å². The largest absolute Gasteiger partial charge is 0.481 e. The van der Waals surface area contributed by atoms with Crippen LogP contribution in [0.2, 0.25) is 0 Å². The number of carbonyl (C=O) groups is 2. The Bertz CT molecular complexity index is 993. The van der Waals surface area contributed by atoms with E-state index in [1.54, 1.807) is 25.3 Å². The monoisotopic (exact) mass is 395 g/mol. The fourth-order valence-electron chi connectivity index (χ4n) is 2.57. The fourth-order valence-corrected chi connectivity index (χ4v) is 3.21. The molecule has 1 aromatic heterocycles. The van der Waals surface area contributed by atoms with Gasteiger partial charge < -0.3 is 4.74 Å². The van der Waals surface area contributed by atoms with Crippen LogP contribution in [0.25, 0.3) is 10.8 Å². The van der Waals surface area contributed by atoms with Crippen molar-refractivity contribution in [2.45, 2.75) is 25.0 Å². The average molecular weight is 395 g/mol. The molecule has 0 aliphatic carbocycles. The number of fused-ring (bicyclic) bond motifs is 1. The molecule has 0 spiro atoms. The molecule has 2 N–H and O–H groups in total. The predicted molar refractivity (Wildman–Crippen MR) is 110 cm³/mol. The SMILES string of the molecule is CCSc1cc(C(=O)NNC(=O)C(C)Oc2ccc3ccccc3c2)ccn1. The van der Waals surface area contributed by atoms with Gasteiger partial charge in [0.15, 0.2) is 6.10 Å². The Morgan fingerprint density at radius 3 is 2.64 bits per heavy atom. The summed E-state index contributed by atoms with van der Waals surface area (Å²) in [5.41, 5.74) is 5.23. The number of amides is 2. The standard InChI is InChI=1S/C21H21N3O3S/c1-3-28-19-13-17(10-11-22-19)21(26)24-23-20(25)14(2)27-18-9-8-15-6-4-5-7-16(15)12-18/h4-14H,3H2,1-2H3,(H,23,25)(H,24,26). The number of carbonyl (C=O) groups excluding carboxylic acids is 2. The first kappa shape index (κ1) is 19.7. The summed E-state index contributed by atoms with van der Waals surface area (Å²) < 4.78 is 5.70. The summed E-state index contributed by atoms with van der Waals surface area (Å²) in [5, 5.41) is 2.88. The number of ether oxygens (including phenoxy) is 1. The van der Waals surface area contributed by atoms with Gasteiger partial charge in [0.25, 0.3) is 11.8 Å². The van der Waals surface area contributed by atoms with Gasteiger partial charge in [-0.05, 0) is 47.7 Å². The second-order valence-corrected chi connectivity index (χ2v) is 7.31. The molecule has 3 aromatic rings. The molecule has 0 aliphatic heterocycles. The van der Waals surface area contributed by atoms with Crippen molar-refractivity contribution in [3.63, 3.8) is 0 Å². The summed E-state index contributed by atoms with van der Waals surface area (Å²) in [6, 6.07) is 16.8. The van der Waals surface area contributed by atoms with Crippen LogP contribution in [-0.4, -0.2) is 28.7 Å². The van der Waals surface area contributed by atoms with Gasteiger partial charge in [-0.1, -0.05) is 37.3 Å². The van der Waals surface area contributed by atoms with Crippen molar-refractivity contribution in [2.75, 3.05) is 5.75 Å². The number of thioether (sulfide) groups is 1. The number of pyridine rings is 1. The van der Waals surface area contributed by atoms with Crippen molar-refractivity contribution < 1.29 is 14.3 Å². The fraction of sp³-hybridized carbons (Fsp3) is 0.190. The van der Waals surface area contributed by atoms with Crippen LogP contribution in [0.3, 0.4) is 0 Å². The van der Waals surface area contributed by atoms with Gasteiger partial charge in [0.1, 0.15) is 5.75 Å². The Hall–Kier alpha value is -3.06. The number of hydrogen-bond acceptors (Lipinski definition) is 5. The minimum atomic E-state index is -0.773. The molecule has 0 aliphatic rings. The van der Waals surface area contributed by atoms with Gasteiger partial charge in [0.2, 0.25) is 0 Å². The van der Waals surface area contributed by atoms with Gasteiger partial charge in [-0.2, -0.15) is 0 Å². The lowest BCUT2D eigenvalue weighted by Crippen LogP contribution is -2.47. The number of aromatic nitrogens is 1. The first-order chi connectivity index (χ1) is 13.6. The lowest BCUT2D eigenvalue weighted by molar-refractivity contribution is -0.128. The summed E-state index contributed by atoms with van der Waals surface area (Å²) in [5.74, 6) is 0.590. The van der Waals surface area contributed by atoms with Gasteiger partial charge in [-0.15, -0.1) is 11.8 Å². The summed E-state index contributed by atoms with van der Waals surface area (Å²) in [6.07, 6.45) is 0.797. The number of rotatable bonds is 6. The summed E-state index contributed by atoms with van der Waals surface area (Å²) >= 11 is 1.54. The highest BCUT2D eigenvalue weighted by molar-refractivity contribution is 7.99. The van der Waals surface area contributed by atoms with Gasteiger partial charge in [0.05, 0.1) is 5.03 Å². The van der Waals surface area contributed by atoms with E-state index < -0.39 is 17.9 Å². The molecular formula is C21H21N3O3S. The van der Waals surface area contributed by atoms with E-state index >= 15 is 0 Å². The summed E-state index contributed by atoms with van der Waals surface area (Å²) in [4.78, 5) is 28.7. The third-order valence-electron chi connectivity index (χ3n) is 3.99. The molecule has 0 saturated carbocycles. The highest BCUT2D eigenvalue weighted by Gasteiger charge is 2.16. The minimum absolute atomic E-state index is 0.411. The number of hydrazine groups is 1. The molecule has 2 aromatic carbocycles. The normalized spacial score (nSPS) is 11.6. The minimum Gasteiger partial charge on any atom is -0.481 e. The lowest BCUT2D eigenvalue weighted by Gasteiger charge is -2.15. The Morgan fingerprint density at radius 1 is 1.07 bits per heavy atom. The van der Waals surface area contributed by atoms with Gasteiger partial charge in [0, 0.05) is 11.8 Å². The maximum atomic E-state index is 12.2. The Balaban J connectivity index is 1.56. The highest BCUT2D eigenvalue weighted by atomic mass is 32.2. The molecule has 0 radical (unpaired) electrons. The second kappa shape index (κ2) is 9.23. The van der Waals surface area contributed by atoms with Crippen LogP contribution >= 0.6 is 11.8 Å². The van der Waals surface area contributed by atoms with Gasteiger partial charge in [-0.25, -0.2) is 4.98 Å². The molecule has 0 saturated heterocycles. The van der Waals surface area contributed by atoms with Crippen LogP contribution < -0.4 is 15.6 Å².